The summed E-state index contributed by atoms with van der Waals surface area (Å²) in [5, 5.41) is 2.48. The second-order valence-electron chi connectivity index (χ2n) is 3.12. The van der Waals surface area contributed by atoms with Gasteiger partial charge in [0.2, 0.25) is 5.67 Å². The number of hydrogen-bond donors (Lipinski definition) is 3. The van der Waals surface area contributed by atoms with Crippen LogP contribution in [-0.4, -0.2) is 10.5 Å². The van der Waals surface area contributed by atoms with Crippen molar-refractivity contribution in [2.24, 2.45) is 0 Å². The van der Waals surface area contributed by atoms with Gasteiger partial charge in [0.05, 0.1) is 0 Å². The molecule has 0 bridgehead atoms. The van der Waals surface area contributed by atoms with E-state index in [1.54, 1.807) is 18.2 Å². The van der Waals surface area contributed by atoms with Crippen molar-refractivity contribution in [3.8, 4) is 0 Å². The first-order chi connectivity index (χ1) is 8.03. The highest BCUT2D eigenvalue weighted by Gasteiger charge is 2.44. The van der Waals surface area contributed by atoms with Gasteiger partial charge in [-0.15, -0.1) is 0 Å². The van der Waals surface area contributed by atoms with Gasteiger partial charge in [-0.3, -0.25) is 4.79 Å². The number of rotatable bonds is 0. The van der Waals surface area contributed by atoms with E-state index in [0.717, 1.165) is 0 Å². The van der Waals surface area contributed by atoms with E-state index >= 15 is 0 Å². The number of carbonyl (C=O) groups is 1. The lowest BCUT2D eigenvalue weighted by atomic mass is 10.0. The van der Waals surface area contributed by atoms with Gasteiger partial charge in [-0.05, 0) is 32.0 Å². The number of amides is 1. The van der Waals surface area contributed by atoms with Crippen molar-refractivity contribution in [3.63, 3.8) is 0 Å². The lowest BCUT2D eigenvalue weighted by Gasteiger charge is -2.11. The molecular weight excluding hydrogens is 309 g/mol. The summed E-state index contributed by atoms with van der Waals surface area (Å²) in [4.78, 5) is 11.2. The number of carbonyl (C=O) groups excluding carboxylic acids is 1. The summed E-state index contributed by atoms with van der Waals surface area (Å²) in [6, 6.07) is 5.16. The fraction of sp³-hybridized carbons (Fsp3) is 0.364. The van der Waals surface area contributed by atoms with Crippen LogP contribution in [-0.2, 0) is 10.5 Å². The zero-order valence-electron chi connectivity index (χ0n) is 9.79. The number of hydrogen-bond acceptors (Lipinski definition) is 3. The molecule has 2 N–H and O–H groups in total. The zero-order valence-corrected chi connectivity index (χ0v) is 12.3. The van der Waals surface area contributed by atoms with Gasteiger partial charge in [-0.25, -0.2) is 4.39 Å². The van der Waals surface area contributed by atoms with E-state index < -0.39 is 11.6 Å². The summed E-state index contributed by atoms with van der Waals surface area (Å²) in [5.41, 5.74) is -0.987. The van der Waals surface area contributed by atoms with Gasteiger partial charge < -0.3 is 9.87 Å². The minimum absolute atomic E-state index is 0.389. The first-order valence-corrected chi connectivity index (χ1v) is 6.22. The zero-order chi connectivity index (χ0) is 13.6. The van der Waals surface area contributed by atoms with E-state index in [4.69, 9.17) is 4.55 Å². The summed E-state index contributed by atoms with van der Waals surface area (Å²) >= 11 is 5.75. The third-order valence-electron chi connectivity index (χ3n) is 2.16. The first kappa shape index (κ1) is 16.4. The topological polar surface area (TPSA) is 49.3 Å². The molecule has 1 atom stereocenters. The number of thiol groups is 1. The van der Waals surface area contributed by atoms with Crippen LogP contribution in [0.1, 0.15) is 26.3 Å². The highest BCUT2D eigenvalue weighted by atomic mass is 79.9. The molecule has 1 amide bonds. The van der Waals surface area contributed by atoms with Gasteiger partial charge in [0.25, 0.3) is 5.91 Å². The van der Waals surface area contributed by atoms with Crippen molar-refractivity contribution in [3.05, 3.63) is 28.2 Å². The molecule has 1 aromatic carbocycles. The molecule has 0 saturated carbocycles. The van der Waals surface area contributed by atoms with Gasteiger partial charge in [0.15, 0.2) is 0 Å². The number of fused-ring (bicyclic) bond motifs is 1. The molecule has 0 fully saturated rings. The number of anilines is 1. The molecule has 0 aromatic heterocycles. The third kappa shape index (κ3) is 3.20. The van der Waals surface area contributed by atoms with Crippen molar-refractivity contribution >= 4 is 40.4 Å². The standard InChI is InChI=1S/C9H7BrFNO.C2H6.H2OS/c1-9(11)7-5(10)3-2-4-6(7)12-8(9)13;2*1-2/h2-4H,1H3,(H,12,13);1-2H3;1-2H. The Morgan fingerprint density at radius 1 is 1.41 bits per heavy atom. The molecule has 1 heterocycles. The summed E-state index contributed by atoms with van der Waals surface area (Å²) < 4.78 is 21.1. The average molecular weight is 324 g/mol. The summed E-state index contributed by atoms with van der Waals surface area (Å²) in [7, 11) is 0. The Balaban J connectivity index is 0.000000581. The minimum atomic E-state index is -1.92. The molecule has 1 aliphatic heterocycles. The van der Waals surface area contributed by atoms with E-state index in [0.29, 0.717) is 15.7 Å². The van der Waals surface area contributed by atoms with Crippen molar-refractivity contribution in [1.82, 2.24) is 0 Å². The number of nitrogens with one attached hydrogen (secondary N) is 1. The lowest BCUT2D eigenvalue weighted by molar-refractivity contribution is -0.125. The maximum Gasteiger partial charge on any atom is 0.266 e. The quantitative estimate of drug-likeness (QED) is 0.499. The Morgan fingerprint density at radius 3 is 2.41 bits per heavy atom. The van der Waals surface area contributed by atoms with Gasteiger partial charge >= 0.3 is 0 Å². The molecule has 3 nitrogen and oxygen atoms in total. The summed E-state index contributed by atoms with van der Waals surface area (Å²) in [6.45, 7) is 5.26. The van der Waals surface area contributed by atoms with Crippen LogP contribution in [0.5, 0.6) is 0 Å². The highest BCUT2D eigenvalue weighted by molar-refractivity contribution is 9.10. The number of alkyl halides is 1. The molecule has 0 radical (unpaired) electrons. The molecule has 17 heavy (non-hydrogen) atoms. The Morgan fingerprint density at radius 2 is 1.94 bits per heavy atom. The van der Waals surface area contributed by atoms with Crippen LogP contribution in [0.3, 0.4) is 0 Å². The highest BCUT2D eigenvalue weighted by Crippen LogP contribution is 2.42. The largest absolute Gasteiger partial charge is 0.333 e. The van der Waals surface area contributed by atoms with Gasteiger partial charge in [-0.1, -0.05) is 35.8 Å². The lowest BCUT2D eigenvalue weighted by Crippen LogP contribution is -2.25. The van der Waals surface area contributed by atoms with Gasteiger partial charge in [0.1, 0.15) is 0 Å². The van der Waals surface area contributed by atoms with Crippen LogP contribution < -0.4 is 5.32 Å². The molecule has 6 heteroatoms. The minimum Gasteiger partial charge on any atom is -0.333 e. The molecule has 1 unspecified atom stereocenters. The van der Waals surface area contributed by atoms with E-state index in [-0.39, 0.29) is 0 Å². The Kier molecular flexibility index (Phi) is 6.74. The molecular formula is C11H15BrFNO2S. The van der Waals surface area contributed by atoms with Crippen LogP contribution in [0.4, 0.5) is 10.1 Å². The van der Waals surface area contributed by atoms with Gasteiger partial charge in [-0.2, -0.15) is 0 Å². The maximum atomic E-state index is 13.8. The Labute approximate surface area is 114 Å². The summed E-state index contributed by atoms with van der Waals surface area (Å²) in [6.07, 6.45) is 0. The monoisotopic (exact) mass is 323 g/mol. The second kappa shape index (κ2) is 6.98. The third-order valence-corrected chi connectivity index (χ3v) is 2.82. The fourth-order valence-electron chi connectivity index (χ4n) is 1.46. The van der Waals surface area contributed by atoms with E-state index in [2.05, 4.69) is 34.2 Å². The van der Waals surface area contributed by atoms with Crippen molar-refractivity contribution < 1.29 is 13.7 Å². The predicted octanol–water partition coefficient (Wildman–Crippen LogP) is 4.00. The summed E-state index contributed by atoms with van der Waals surface area (Å²) in [5.74, 6) is -0.602. The van der Waals surface area contributed by atoms with Crippen LogP contribution in [0.15, 0.2) is 22.7 Å². The molecule has 1 aliphatic rings. The fourth-order valence-corrected chi connectivity index (χ4v) is 2.20. The van der Waals surface area contributed by atoms with E-state index in [1.165, 1.54) is 6.92 Å². The van der Waals surface area contributed by atoms with Crippen molar-refractivity contribution in [2.75, 3.05) is 5.32 Å². The van der Waals surface area contributed by atoms with Crippen LogP contribution in [0.25, 0.3) is 0 Å². The number of halogens is 2. The maximum absolute atomic E-state index is 13.8. The SMILES string of the molecule is CC.CC1(F)C(=O)Nc2cccc(Br)c21.OS. The second-order valence-corrected chi connectivity index (χ2v) is 3.97. The van der Waals surface area contributed by atoms with E-state index in [1.807, 2.05) is 13.8 Å². The molecule has 1 aromatic rings. The van der Waals surface area contributed by atoms with Crippen LogP contribution in [0.2, 0.25) is 0 Å². The first-order valence-electron chi connectivity index (χ1n) is 5.03. The molecule has 0 saturated heterocycles. The molecule has 96 valence electrons. The average Bonchev–Trinajstić information content (AvgIpc) is 2.56. The Hall–Kier alpha value is -0.590. The van der Waals surface area contributed by atoms with Gasteiger partial charge in [0, 0.05) is 15.7 Å². The van der Waals surface area contributed by atoms with E-state index in [9.17, 15) is 9.18 Å². The number of benzene rings is 1. The smallest absolute Gasteiger partial charge is 0.266 e. The predicted molar refractivity (Wildman–Crippen MR) is 74.2 cm³/mol. The van der Waals surface area contributed by atoms with Crippen LogP contribution >= 0.6 is 28.8 Å². The van der Waals surface area contributed by atoms with Crippen molar-refractivity contribution in [2.45, 2.75) is 26.4 Å². The molecule has 0 aliphatic carbocycles. The normalized spacial score (nSPS) is 20.3. The molecule has 2 rings (SSSR count). The van der Waals surface area contributed by atoms with Crippen LogP contribution in [0, 0.1) is 0 Å². The molecule has 0 spiro atoms. The van der Waals surface area contributed by atoms with Crippen molar-refractivity contribution in [1.29, 1.82) is 0 Å². The Bertz CT molecular complexity index is 399.